The van der Waals surface area contributed by atoms with E-state index in [1.807, 2.05) is 0 Å². The number of carbonyl (C=O) groups is 2. The topological polar surface area (TPSA) is 74.6 Å². The lowest BCUT2D eigenvalue weighted by Gasteiger charge is -2.09. The molecule has 0 radical (unpaired) electrons. The molecule has 1 atom stereocenters. The maximum atomic E-state index is 13.7. The molecule has 0 aliphatic heterocycles. The van der Waals surface area contributed by atoms with Crippen molar-refractivity contribution in [1.82, 2.24) is 0 Å². The highest BCUT2D eigenvalue weighted by Gasteiger charge is 2.23. The third-order valence-electron chi connectivity index (χ3n) is 2.18. The summed E-state index contributed by atoms with van der Waals surface area (Å²) in [5, 5.41) is 17.8. The Morgan fingerprint density at radius 3 is 2.56 bits per heavy atom. The highest BCUT2D eigenvalue weighted by atomic mass is 19.1. The molecule has 0 saturated heterocycles. The third-order valence-corrected chi connectivity index (χ3v) is 2.18. The van der Waals surface area contributed by atoms with Crippen LogP contribution in [-0.2, 0) is 4.79 Å². The fourth-order valence-corrected chi connectivity index (χ4v) is 1.30. The smallest absolute Gasteiger partial charge is 0.337 e. The van der Waals surface area contributed by atoms with Gasteiger partial charge in [0, 0.05) is 12.0 Å². The van der Waals surface area contributed by atoms with Crippen LogP contribution in [0.25, 0.3) is 0 Å². The molecule has 0 spiro atoms. The maximum absolute atomic E-state index is 13.7. The van der Waals surface area contributed by atoms with E-state index >= 15 is 0 Å². The van der Waals surface area contributed by atoms with Gasteiger partial charge in [0.2, 0.25) is 0 Å². The van der Waals surface area contributed by atoms with Crippen molar-refractivity contribution in [1.29, 1.82) is 0 Å². The number of Topliss-reactive ketones (excluding diaryl/α,β-unsaturated/α-hetero) is 1. The summed E-state index contributed by atoms with van der Waals surface area (Å²) in [6, 6.07) is 3.74. The van der Waals surface area contributed by atoms with Gasteiger partial charge in [0.25, 0.3) is 0 Å². The number of aliphatic hydroxyl groups excluding tert-OH is 1. The van der Waals surface area contributed by atoms with Crippen LogP contribution in [0.15, 0.2) is 18.2 Å². The van der Waals surface area contributed by atoms with E-state index in [1.54, 1.807) is 6.92 Å². The molecule has 0 aliphatic carbocycles. The number of carbonyl (C=O) groups excluding carboxylic acids is 1. The highest BCUT2D eigenvalue weighted by molar-refractivity contribution is 5.96. The molecule has 1 unspecified atom stereocenters. The molecule has 0 bridgehead atoms. The van der Waals surface area contributed by atoms with Gasteiger partial charge < -0.3 is 10.2 Å². The van der Waals surface area contributed by atoms with Gasteiger partial charge in [-0.3, -0.25) is 4.79 Å². The average Bonchev–Trinajstić information content (AvgIpc) is 2.27. The van der Waals surface area contributed by atoms with Gasteiger partial charge in [-0.2, -0.15) is 0 Å². The second-order valence-electron chi connectivity index (χ2n) is 3.23. The molecule has 0 fully saturated rings. The van der Waals surface area contributed by atoms with Gasteiger partial charge in [-0.1, -0.05) is 19.1 Å². The lowest BCUT2D eigenvalue weighted by atomic mass is 10.0. The van der Waals surface area contributed by atoms with Crippen LogP contribution in [0.1, 0.15) is 35.4 Å². The number of benzene rings is 1. The predicted molar refractivity (Wildman–Crippen MR) is 53.6 cm³/mol. The Morgan fingerprint density at radius 2 is 2.06 bits per heavy atom. The summed E-state index contributed by atoms with van der Waals surface area (Å²) in [5.74, 6) is -2.96. The fraction of sp³-hybridized carbons (Fsp3) is 0.273. The van der Waals surface area contributed by atoms with Gasteiger partial charge in [0.15, 0.2) is 11.9 Å². The Bertz CT molecular complexity index is 428. The van der Waals surface area contributed by atoms with Crippen LogP contribution in [0.3, 0.4) is 0 Å². The normalized spacial score (nSPS) is 12.2. The van der Waals surface area contributed by atoms with E-state index in [-0.39, 0.29) is 12.0 Å². The van der Waals surface area contributed by atoms with E-state index in [0.29, 0.717) is 0 Å². The van der Waals surface area contributed by atoms with Crippen molar-refractivity contribution in [2.75, 3.05) is 0 Å². The minimum absolute atomic E-state index is 0.115. The van der Waals surface area contributed by atoms with Gasteiger partial charge >= 0.3 is 5.97 Å². The van der Waals surface area contributed by atoms with Crippen LogP contribution >= 0.6 is 0 Å². The first-order valence-electron chi connectivity index (χ1n) is 4.71. The van der Waals surface area contributed by atoms with Crippen molar-refractivity contribution >= 4 is 11.8 Å². The Hall–Kier alpha value is -1.75. The third kappa shape index (κ3) is 2.25. The summed E-state index contributed by atoms with van der Waals surface area (Å²) in [4.78, 5) is 21.8. The van der Waals surface area contributed by atoms with Gasteiger partial charge in [-0.15, -0.1) is 0 Å². The van der Waals surface area contributed by atoms with E-state index in [2.05, 4.69) is 0 Å². The number of ketones is 1. The molecule has 0 aliphatic rings. The monoisotopic (exact) mass is 226 g/mol. The molecule has 86 valence electrons. The van der Waals surface area contributed by atoms with E-state index in [9.17, 15) is 19.1 Å². The van der Waals surface area contributed by atoms with E-state index in [4.69, 9.17) is 5.11 Å². The number of carboxylic acids is 1. The maximum Gasteiger partial charge on any atom is 0.337 e. The zero-order chi connectivity index (χ0) is 12.3. The minimum Gasteiger partial charge on any atom is -0.479 e. The Balaban J connectivity index is 3.23. The molecule has 2 N–H and O–H groups in total. The summed E-state index contributed by atoms with van der Waals surface area (Å²) in [5.41, 5.74) is -0.591. The number of aliphatic hydroxyl groups is 1. The van der Waals surface area contributed by atoms with Gasteiger partial charge in [0.1, 0.15) is 5.82 Å². The van der Waals surface area contributed by atoms with Crippen molar-refractivity contribution in [2.45, 2.75) is 19.4 Å². The molecule has 1 rings (SSSR count). The first kappa shape index (κ1) is 12.3. The summed E-state index contributed by atoms with van der Waals surface area (Å²) < 4.78 is 13.7. The van der Waals surface area contributed by atoms with E-state index in [1.165, 1.54) is 12.1 Å². The van der Waals surface area contributed by atoms with E-state index in [0.717, 1.165) is 6.07 Å². The molecule has 0 saturated carbocycles. The van der Waals surface area contributed by atoms with Crippen molar-refractivity contribution < 1.29 is 24.2 Å². The largest absolute Gasteiger partial charge is 0.479 e. The van der Waals surface area contributed by atoms with Gasteiger partial charge in [-0.05, 0) is 6.07 Å². The second kappa shape index (κ2) is 4.85. The van der Waals surface area contributed by atoms with E-state index < -0.39 is 29.2 Å². The standard InChI is InChI=1S/C11H11FO4/c1-2-8(13)6-4-3-5-7(9(6)12)10(14)11(15)16/h3-5,10,14H,2H2,1H3,(H,15,16). The molecule has 1 aromatic carbocycles. The lowest BCUT2D eigenvalue weighted by molar-refractivity contribution is -0.147. The average molecular weight is 226 g/mol. The lowest BCUT2D eigenvalue weighted by Crippen LogP contribution is -2.14. The van der Waals surface area contributed by atoms with Crippen LogP contribution < -0.4 is 0 Å². The zero-order valence-corrected chi connectivity index (χ0v) is 8.61. The number of carboxylic acid groups (broad SMARTS) is 1. The number of rotatable bonds is 4. The molecule has 16 heavy (non-hydrogen) atoms. The molecular weight excluding hydrogens is 215 g/mol. The Labute approximate surface area is 91.3 Å². The number of hydrogen-bond donors (Lipinski definition) is 2. The first-order valence-corrected chi connectivity index (χ1v) is 4.71. The summed E-state index contributed by atoms with van der Waals surface area (Å²) in [6.45, 7) is 1.57. The second-order valence-corrected chi connectivity index (χ2v) is 3.23. The Kier molecular flexibility index (Phi) is 3.73. The summed E-state index contributed by atoms with van der Waals surface area (Å²) >= 11 is 0. The van der Waals surface area contributed by atoms with Crippen LogP contribution in [0.2, 0.25) is 0 Å². The molecule has 0 amide bonds. The summed E-state index contributed by atoms with van der Waals surface area (Å²) in [6.07, 6.45) is -1.84. The number of aliphatic carboxylic acids is 1. The zero-order valence-electron chi connectivity index (χ0n) is 8.61. The van der Waals surface area contributed by atoms with Gasteiger partial charge in [0.05, 0.1) is 5.56 Å². The number of halogens is 1. The molecule has 4 nitrogen and oxygen atoms in total. The SMILES string of the molecule is CCC(=O)c1cccc(C(O)C(=O)O)c1F. The predicted octanol–water partition coefficient (Wildman–Crippen LogP) is 1.54. The first-order chi connectivity index (χ1) is 7.49. The quantitative estimate of drug-likeness (QED) is 0.763. The number of hydrogen-bond acceptors (Lipinski definition) is 3. The van der Waals surface area contributed by atoms with Crippen LogP contribution in [0.4, 0.5) is 4.39 Å². The van der Waals surface area contributed by atoms with Crippen molar-refractivity contribution in [2.24, 2.45) is 0 Å². The van der Waals surface area contributed by atoms with Crippen LogP contribution in [0.5, 0.6) is 0 Å². The summed E-state index contributed by atoms with van der Waals surface area (Å²) in [7, 11) is 0. The van der Waals surface area contributed by atoms with Crippen molar-refractivity contribution in [3.8, 4) is 0 Å². The van der Waals surface area contributed by atoms with Crippen LogP contribution in [0, 0.1) is 5.82 Å². The van der Waals surface area contributed by atoms with Crippen molar-refractivity contribution in [3.63, 3.8) is 0 Å². The van der Waals surface area contributed by atoms with Gasteiger partial charge in [-0.25, -0.2) is 9.18 Å². The molecule has 0 heterocycles. The van der Waals surface area contributed by atoms with Crippen molar-refractivity contribution in [3.05, 3.63) is 35.1 Å². The fourth-order valence-electron chi connectivity index (χ4n) is 1.30. The highest BCUT2D eigenvalue weighted by Crippen LogP contribution is 2.21. The van der Waals surface area contributed by atoms with Crippen LogP contribution in [-0.4, -0.2) is 22.0 Å². The Morgan fingerprint density at radius 1 is 1.44 bits per heavy atom. The molecular formula is C11H11FO4. The molecule has 5 heteroatoms. The molecule has 1 aromatic rings. The molecule has 0 aromatic heterocycles. The minimum atomic E-state index is -1.95.